The molecule has 1 amide bonds. The van der Waals surface area contributed by atoms with Crippen LogP contribution >= 0.6 is 11.8 Å². The Balaban J connectivity index is 1.94. The third-order valence-electron chi connectivity index (χ3n) is 3.68. The van der Waals surface area contributed by atoms with Crippen LogP contribution in [0.25, 0.3) is 0 Å². The lowest BCUT2D eigenvalue weighted by molar-refractivity contribution is -0.117. The van der Waals surface area contributed by atoms with E-state index in [1.165, 1.54) is 18.2 Å². The van der Waals surface area contributed by atoms with Gasteiger partial charge in [-0.05, 0) is 31.4 Å². The molecule has 1 N–H and O–H groups in total. The van der Waals surface area contributed by atoms with E-state index in [1.807, 2.05) is 23.7 Å². The molecule has 0 unspecified atom stereocenters. The minimum absolute atomic E-state index is 0.174. The summed E-state index contributed by atoms with van der Waals surface area (Å²) in [4.78, 5) is 14.3. The first kappa shape index (κ1) is 18.0. The first-order valence-electron chi connectivity index (χ1n) is 7.59. The maximum Gasteiger partial charge on any atom is 0.238 e. The fraction of sp³-hybridized carbons (Fsp3) is 0.562. The van der Waals surface area contributed by atoms with Crippen LogP contribution in [-0.2, 0) is 9.53 Å². The molecular formula is C16H23FN2O3S. The van der Waals surface area contributed by atoms with Gasteiger partial charge in [0.2, 0.25) is 5.91 Å². The lowest BCUT2D eigenvalue weighted by Gasteiger charge is -2.23. The fourth-order valence-corrected chi connectivity index (χ4v) is 3.67. The van der Waals surface area contributed by atoms with Crippen molar-refractivity contribution < 1.29 is 18.7 Å². The van der Waals surface area contributed by atoms with Crippen LogP contribution in [0, 0.1) is 5.82 Å². The van der Waals surface area contributed by atoms with E-state index < -0.39 is 5.82 Å². The number of carbonyl (C=O) groups is 1. The third-order valence-corrected chi connectivity index (χ3v) is 4.83. The van der Waals surface area contributed by atoms with Gasteiger partial charge in [-0.3, -0.25) is 9.69 Å². The van der Waals surface area contributed by atoms with Crippen LogP contribution in [0.5, 0.6) is 5.75 Å². The molecule has 1 aliphatic heterocycles. The molecule has 1 aromatic rings. The summed E-state index contributed by atoms with van der Waals surface area (Å²) >= 11 is 1.90. The number of anilines is 1. The summed E-state index contributed by atoms with van der Waals surface area (Å²) in [5.41, 5.74) is 0.348. The Hall–Kier alpha value is -1.31. The Labute approximate surface area is 140 Å². The smallest absolute Gasteiger partial charge is 0.238 e. The second-order valence-electron chi connectivity index (χ2n) is 5.46. The van der Waals surface area contributed by atoms with Gasteiger partial charge in [0.25, 0.3) is 0 Å². The van der Waals surface area contributed by atoms with Gasteiger partial charge in [0.15, 0.2) is 0 Å². The zero-order valence-corrected chi connectivity index (χ0v) is 14.3. The molecule has 0 saturated carbocycles. The number of hydrogen-bond acceptors (Lipinski definition) is 5. The van der Waals surface area contributed by atoms with Crippen molar-refractivity contribution in [2.24, 2.45) is 0 Å². The average molecular weight is 342 g/mol. The molecule has 128 valence electrons. The summed E-state index contributed by atoms with van der Waals surface area (Å²) in [5, 5.41) is 2.74. The molecule has 1 fully saturated rings. The maximum atomic E-state index is 13.4. The molecular weight excluding hydrogens is 319 g/mol. The second-order valence-corrected chi connectivity index (χ2v) is 6.61. The summed E-state index contributed by atoms with van der Waals surface area (Å²) in [7, 11) is 3.52. The largest absolute Gasteiger partial charge is 0.489 e. The van der Waals surface area contributed by atoms with Crippen LogP contribution in [0.1, 0.15) is 6.42 Å². The van der Waals surface area contributed by atoms with Crippen LogP contribution in [-0.4, -0.2) is 62.3 Å². The Morgan fingerprint density at radius 3 is 3.00 bits per heavy atom. The predicted octanol–water partition coefficient (Wildman–Crippen LogP) is 2.23. The van der Waals surface area contributed by atoms with Gasteiger partial charge >= 0.3 is 0 Å². The molecule has 1 atom stereocenters. The van der Waals surface area contributed by atoms with Crippen LogP contribution in [0.15, 0.2) is 18.2 Å². The second kappa shape index (κ2) is 9.10. The van der Waals surface area contributed by atoms with Crippen molar-refractivity contribution in [3.63, 3.8) is 0 Å². The van der Waals surface area contributed by atoms with E-state index in [4.69, 9.17) is 9.47 Å². The number of thioether (sulfide) groups is 1. The Kier molecular flexibility index (Phi) is 7.14. The van der Waals surface area contributed by atoms with Gasteiger partial charge in [0, 0.05) is 25.0 Å². The van der Waals surface area contributed by atoms with Crippen molar-refractivity contribution in [2.75, 3.05) is 50.7 Å². The summed E-state index contributed by atoms with van der Waals surface area (Å²) in [6, 6.07) is 4.51. The Bertz CT molecular complexity index is 524. The molecule has 0 aromatic heterocycles. The maximum absolute atomic E-state index is 13.4. The molecule has 1 aromatic carbocycles. The first-order valence-corrected chi connectivity index (χ1v) is 8.74. The monoisotopic (exact) mass is 342 g/mol. The van der Waals surface area contributed by atoms with Gasteiger partial charge in [0.1, 0.15) is 18.2 Å². The van der Waals surface area contributed by atoms with Gasteiger partial charge in [-0.25, -0.2) is 4.39 Å². The number of halogens is 1. The highest BCUT2D eigenvalue weighted by molar-refractivity contribution is 7.99. The first-order chi connectivity index (χ1) is 11.1. The van der Waals surface area contributed by atoms with E-state index in [0.717, 1.165) is 17.9 Å². The topological polar surface area (TPSA) is 50.8 Å². The van der Waals surface area contributed by atoms with Crippen molar-refractivity contribution in [1.29, 1.82) is 0 Å². The van der Waals surface area contributed by atoms with Crippen LogP contribution in [0.3, 0.4) is 0 Å². The van der Waals surface area contributed by atoms with Crippen LogP contribution in [0.4, 0.5) is 10.1 Å². The lowest BCUT2D eigenvalue weighted by atomic mass is 10.2. The van der Waals surface area contributed by atoms with Crippen molar-refractivity contribution >= 4 is 23.4 Å². The van der Waals surface area contributed by atoms with Gasteiger partial charge in [-0.1, -0.05) is 0 Å². The number of nitrogens with one attached hydrogen (secondary N) is 1. The number of benzene rings is 1. The van der Waals surface area contributed by atoms with E-state index in [0.29, 0.717) is 30.7 Å². The zero-order valence-electron chi connectivity index (χ0n) is 13.5. The molecule has 0 radical (unpaired) electrons. The number of rotatable bonds is 8. The predicted molar refractivity (Wildman–Crippen MR) is 90.8 cm³/mol. The number of ether oxygens (including phenoxy) is 2. The standard InChI is InChI=1S/C16H23FN2O3S/c1-19(13-5-8-23-11-13)10-16(20)18-14-9-12(17)3-4-15(14)22-7-6-21-2/h3-4,9,13H,5-8,10-11H2,1-2H3,(H,18,20)/t13-/m1/s1. The third kappa shape index (κ3) is 5.67. The minimum Gasteiger partial charge on any atom is -0.489 e. The van der Waals surface area contributed by atoms with Crippen LogP contribution < -0.4 is 10.1 Å². The number of hydrogen-bond donors (Lipinski definition) is 1. The summed E-state index contributed by atoms with van der Waals surface area (Å²) in [6.45, 7) is 1.04. The zero-order chi connectivity index (χ0) is 16.7. The van der Waals surface area contributed by atoms with Crippen LogP contribution in [0.2, 0.25) is 0 Å². The normalized spacial score (nSPS) is 17.5. The molecule has 5 nitrogen and oxygen atoms in total. The van der Waals surface area contributed by atoms with E-state index >= 15 is 0 Å². The highest BCUT2D eigenvalue weighted by Crippen LogP contribution is 2.26. The van der Waals surface area contributed by atoms with Crippen molar-refractivity contribution in [3.8, 4) is 5.75 Å². The summed E-state index contributed by atoms with van der Waals surface area (Å²) < 4.78 is 23.9. The molecule has 1 aliphatic rings. The quantitative estimate of drug-likeness (QED) is 0.734. The SMILES string of the molecule is COCCOc1ccc(F)cc1NC(=O)CN(C)[C@@H]1CCSC1. The molecule has 0 aliphatic carbocycles. The molecule has 1 heterocycles. The van der Waals surface area contributed by atoms with Gasteiger partial charge in [0.05, 0.1) is 18.8 Å². The van der Waals surface area contributed by atoms with Gasteiger partial charge < -0.3 is 14.8 Å². The molecule has 0 spiro atoms. The molecule has 23 heavy (non-hydrogen) atoms. The summed E-state index contributed by atoms with van der Waals surface area (Å²) in [6.07, 6.45) is 1.10. The number of likely N-dealkylation sites (N-methyl/N-ethyl adjacent to an activating group) is 1. The lowest BCUT2D eigenvalue weighted by Crippen LogP contribution is -2.38. The number of amides is 1. The van der Waals surface area contributed by atoms with E-state index in [1.54, 1.807) is 7.11 Å². The number of methoxy groups -OCH3 is 1. The summed E-state index contributed by atoms with van der Waals surface area (Å²) in [5.74, 6) is 2.04. The van der Waals surface area contributed by atoms with E-state index in [-0.39, 0.29) is 12.5 Å². The van der Waals surface area contributed by atoms with Crippen molar-refractivity contribution in [1.82, 2.24) is 4.90 Å². The van der Waals surface area contributed by atoms with Gasteiger partial charge in [-0.2, -0.15) is 11.8 Å². The average Bonchev–Trinajstić information content (AvgIpc) is 3.04. The van der Waals surface area contributed by atoms with E-state index in [2.05, 4.69) is 5.32 Å². The minimum atomic E-state index is -0.417. The van der Waals surface area contributed by atoms with Gasteiger partial charge in [-0.15, -0.1) is 0 Å². The van der Waals surface area contributed by atoms with E-state index in [9.17, 15) is 9.18 Å². The molecule has 7 heteroatoms. The molecule has 2 rings (SSSR count). The highest BCUT2D eigenvalue weighted by Gasteiger charge is 2.22. The number of carbonyl (C=O) groups excluding carboxylic acids is 1. The Morgan fingerprint density at radius 1 is 1.48 bits per heavy atom. The highest BCUT2D eigenvalue weighted by atomic mass is 32.2. The van der Waals surface area contributed by atoms with Crippen molar-refractivity contribution in [3.05, 3.63) is 24.0 Å². The molecule has 1 saturated heterocycles. The van der Waals surface area contributed by atoms with Crippen molar-refractivity contribution in [2.45, 2.75) is 12.5 Å². The number of nitrogens with zero attached hydrogens (tertiary/aromatic N) is 1. The Morgan fingerprint density at radius 2 is 2.30 bits per heavy atom. The fourth-order valence-electron chi connectivity index (χ4n) is 2.38. The molecule has 0 bridgehead atoms.